The fourth-order valence-corrected chi connectivity index (χ4v) is 3.67. The van der Waals surface area contributed by atoms with Gasteiger partial charge in [-0.3, -0.25) is 14.7 Å². The van der Waals surface area contributed by atoms with Crippen LogP contribution in [0.25, 0.3) is 11.0 Å². The van der Waals surface area contributed by atoms with Crippen LogP contribution in [0.4, 0.5) is 0 Å². The van der Waals surface area contributed by atoms with E-state index in [0.717, 1.165) is 30.7 Å². The van der Waals surface area contributed by atoms with E-state index in [4.69, 9.17) is 4.98 Å². The highest BCUT2D eigenvalue weighted by atomic mass is 15.3. The zero-order valence-corrected chi connectivity index (χ0v) is 14.3. The first kappa shape index (κ1) is 15.3. The van der Waals surface area contributed by atoms with Crippen molar-refractivity contribution in [3.63, 3.8) is 0 Å². The van der Waals surface area contributed by atoms with Crippen LogP contribution in [-0.4, -0.2) is 43.0 Å². The standard InChI is InChI=1S/C18H24N6/c1-13(2)24-16(7-8-20-24)12-23-9-3-4-15(11-23)17-6-5-14-10-19-22-18(14)21-17/h5-8,10,13,15H,3-4,9,11-12H2,1-2H3,(H,19,21,22). The highest BCUT2D eigenvalue weighted by molar-refractivity contribution is 5.73. The van der Waals surface area contributed by atoms with Crippen LogP contribution in [0.1, 0.15) is 50.0 Å². The molecule has 0 radical (unpaired) electrons. The molecule has 1 saturated heterocycles. The van der Waals surface area contributed by atoms with E-state index in [2.05, 4.69) is 56.9 Å². The van der Waals surface area contributed by atoms with Gasteiger partial charge in [0.15, 0.2) is 5.65 Å². The molecule has 1 N–H and O–H groups in total. The summed E-state index contributed by atoms with van der Waals surface area (Å²) < 4.78 is 2.12. The van der Waals surface area contributed by atoms with Crippen molar-refractivity contribution in [1.82, 2.24) is 29.9 Å². The minimum Gasteiger partial charge on any atom is -0.297 e. The molecule has 3 aromatic rings. The minimum absolute atomic E-state index is 0.403. The third-order valence-electron chi connectivity index (χ3n) is 4.87. The number of hydrogen-bond acceptors (Lipinski definition) is 4. The Morgan fingerprint density at radius 1 is 1.29 bits per heavy atom. The van der Waals surface area contributed by atoms with Crippen LogP contribution in [0.2, 0.25) is 0 Å². The van der Waals surface area contributed by atoms with Gasteiger partial charge in [-0.1, -0.05) is 0 Å². The molecule has 0 bridgehead atoms. The Kier molecular flexibility index (Phi) is 4.06. The van der Waals surface area contributed by atoms with E-state index in [1.165, 1.54) is 24.2 Å². The molecule has 0 aromatic carbocycles. The molecule has 3 aromatic heterocycles. The first-order valence-electron chi connectivity index (χ1n) is 8.75. The summed E-state index contributed by atoms with van der Waals surface area (Å²) in [5.41, 5.74) is 3.36. The molecule has 1 aliphatic heterocycles. The summed E-state index contributed by atoms with van der Waals surface area (Å²) in [6.45, 7) is 7.51. The molecule has 6 heteroatoms. The predicted molar refractivity (Wildman–Crippen MR) is 93.8 cm³/mol. The molecule has 1 unspecified atom stereocenters. The van der Waals surface area contributed by atoms with Gasteiger partial charge in [-0.15, -0.1) is 0 Å². The second kappa shape index (κ2) is 6.36. The van der Waals surface area contributed by atoms with Crippen LogP contribution in [0.15, 0.2) is 30.6 Å². The van der Waals surface area contributed by atoms with Crippen molar-refractivity contribution in [1.29, 1.82) is 0 Å². The van der Waals surface area contributed by atoms with E-state index in [9.17, 15) is 0 Å². The van der Waals surface area contributed by atoms with E-state index >= 15 is 0 Å². The van der Waals surface area contributed by atoms with Gasteiger partial charge in [0.25, 0.3) is 0 Å². The number of fused-ring (bicyclic) bond motifs is 1. The Morgan fingerprint density at radius 2 is 2.21 bits per heavy atom. The topological polar surface area (TPSA) is 62.6 Å². The van der Waals surface area contributed by atoms with Gasteiger partial charge in [-0.25, -0.2) is 4.98 Å². The maximum Gasteiger partial charge on any atom is 0.155 e. The highest BCUT2D eigenvalue weighted by Crippen LogP contribution is 2.27. The normalized spacial score (nSPS) is 19.4. The predicted octanol–water partition coefficient (Wildman–Crippen LogP) is 3.11. The zero-order valence-electron chi connectivity index (χ0n) is 14.3. The zero-order chi connectivity index (χ0) is 16.5. The number of nitrogens with zero attached hydrogens (tertiary/aromatic N) is 5. The number of aromatic amines is 1. The third-order valence-corrected chi connectivity index (χ3v) is 4.87. The smallest absolute Gasteiger partial charge is 0.155 e. The van der Waals surface area contributed by atoms with E-state index in [-0.39, 0.29) is 0 Å². The Morgan fingerprint density at radius 3 is 3.08 bits per heavy atom. The van der Waals surface area contributed by atoms with Gasteiger partial charge in [0, 0.05) is 42.3 Å². The quantitative estimate of drug-likeness (QED) is 0.801. The highest BCUT2D eigenvalue weighted by Gasteiger charge is 2.23. The molecule has 1 fully saturated rings. The number of rotatable bonds is 4. The average molecular weight is 324 g/mol. The Hall–Kier alpha value is -2.21. The van der Waals surface area contributed by atoms with E-state index in [1.807, 2.05) is 12.4 Å². The van der Waals surface area contributed by atoms with Gasteiger partial charge in [0.2, 0.25) is 0 Å². The fraction of sp³-hybridized carbons (Fsp3) is 0.500. The van der Waals surface area contributed by atoms with Crippen molar-refractivity contribution in [3.8, 4) is 0 Å². The number of pyridine rings is 1. The fourth-order valence-electron chi connectivity index (χ4n) is 3.67. The lowest BCUT2D eigenvalue weighted by Gasteiger charge is -2.32. The van der Waals surface area contributed by atoms with Crippen molar-refractivity contribution in [2.75, 3.05) is 13.1 Å². The number of aromatic nitrogens is 5. The number of nitrogens with one attached hydrogen (secondary N) is 1. The largest absolute Gasteiger partial charge is 0.297 e. The van der Waals surface area contributed by atoms with Crippen LogP contribution in [0.5, 0.6) is 0 Å². The van der Waals surface area contributed by atoms with Crippen molar-refractivity contribution in [2.24, 2.45) is 0 Å². The molecule has 0 aliphatic carbocycles. The summed E-state index contributed by atoms with van der Waals surface area (Å²) in [6.07, 6.45) is 6.15. The molecule has 4 rings (SSSR count). The Labute approximate surface area is 141 Å². The second-order valence-electron chi connectivity index (χ2n) is 6.98. The molecular formula is C18H24N6. The molecule has 4 heterocycles. The Balaban J connectivity index is 1.50. The van der Waals surface area contributed by atoms with Crippen molar-refractivity contribution in [3.05, 3.63) is 42.0 Å². The first-order valence-corrected chi connectivity index (χ1v) is 8.75. The Bertz CT molecular complexity index is 818. The SMILES string of the molecule is CC(C)n1nccc1CN1CCCC(c2ccc3cn[nH]c3n2)C1. The lowest BCUT2D eigenvalue weighted by molar-refractivity contribution is 0.192. The van der Waals surface area contributed by atoms with E-state index in [0.29, 0.717) is 12.0 Å². The lowest BCUT2D eigenvalue weighted by atomic mass is 9.94. The van der Waals surface area contributed by atoms with Crippen molar-refractivity contribution in [2.45, 2.75) is 45.2 Å². The van der Waals surface area contributed by atoms with Gasteiger partial charge >= 0.3 is 0 Å². The molecule has 126 valence electrons. The van der Waals surface area contributed by atoms with Gasteiger partial charge in [0.05, 0.1) is 11.9 Å². The van der Waals surface area contributed by atoms with Gasteiger partial charge < -0.3 is 0 Å². The molecule has 1 atom stereocenters. The van der Waals surface area contributed by atoms with E-state index in [1.54, 1.807) is 0 Å². The summed E-state index contributed by atoms with van der Waals surface area (Å²) in [5.74, 6) is 0.488. The van der Waals surface area contributed by atoms with Gasteiger partial charge in [-0.05, 0) is 51.4 Å². The van der Waals surface area contributed by atoms with Crippen molar-refractivity contribution >= 4 is 11.0 Å². The van der Waals surface area contributed by atoms with Crippen LogP contribution < -0.4 is 0 Å². The molecule has 6 nitrogen and oxygen atoms in total. The number of likely N-dealkylation sites (tertiary alicyclic amines) is 1. The van der Waals surface area contributed by atoms with Crippen LogP contribution in [-0.2, 0) is 6.54 Å². The third kappa shape index (κ3) is 2.94. The molecule has 0 saturated carbocycles. The summed E-state index contributed by atoms with van der Waals surface area (Å²) >= 11 is 0. The lowest BCUT2D eigenvalue weighted by Crippen LogP contribution is -2.35. The van der Waals surface area contributed by atoms with Crippen LogP contribution >= 0.6 is 0 Å². The summed E-state index contributed by atoms with van der Waals surface area (Å²) in [5, 5.41) is 12.6. The minimum atomic E-state index is 0.403. The molecule has 0 spiro atoms. The van der Waals surface area contributed by atoms with Gasteiger partial charge in [-0.2, -0.15) is 10.2 Å². The van der Waals surface area contributed by atoms with Crippen LogP contribution in [0, 0.1) is 0 Å². The average Bonchev–Trinajstić information content (AvgIpc) is 3.23. The molecule has 24 heavy (non-hydrogen) atoms. The van der Waals surface area contributed by atoms with Crippen molar-refractivity contribution < 1.29 is 0 Å². The first-order chi connectivity index (χ1) is 11.7. The summed E-state index contributed by atoms with van der Waals surface area (Å²) in [7, 11) is 0. The van der Waals surface area contributed by atoms with Gasteiger partial charge in [0.1, 0.15) is 0 Å². The summed E-state index contributed by atoms with van der Waals surface area (Å²) in [6, 6.07) is 6.82. The summed E-state index contributed by atoms with van der Waals surface area (Å²) in [4.78, 5) is 7.30. The maximum atomic E-state index is 4.77. The number of hydrogen-bond donors (Lipinski definition) is 1. The maximum absolute atomic E-state index is 4.77. The van der Waals surface area contributed by atoms with E-state index < -0.39 is 0 Å². The molecule has 1 aliphatic rings. The number of piperidine rings is 1. The number of H-pyrrole nitrogens is 1. The molecule has 0 amide bonds. The molecular weight excluding hydrogens is 300 g/mol. The second-order valence-corrected chi connectivity index (χ2v) is 6.98. The van der Waals surface area contributed by atoms with Crippen LogP contribution in [0.3, 0.4) is 0 Å². The monoisotopic (exact) mass is 324 g/mol.